The molecular formula is C22H16ClF3N4O2S. The molecule has 33 heavy (non-hydrogen) atoms. The largest absolute Gasteiger partial charge is 0.480 e. The molecule has 0 saturated heterocycles. The van der Waals surface area contributed by atoms with Gasteiger partial charge < -0.3 is 4.74 Å². The van der Waals surface area contributed by atoms with Gasteiger partial charge in [0.15, 0.2) is 22.6 Å². The number of pyridine rings is 1. The van der Waals surface area contributed by atoms with Gasteiger partial charge in [0.1, 0.15) is 5.82 Å². The Kier molecular flexibility index (Phi) is 6.48. The molecule has 1 N–H and O–H groups in total. The van der Waals surface area contributed by atoms with E-state index in [1.165, 1.54) is 25.4 Å². The first-order valence-electron chi connectivity index (χ1n) is 9.65. The molecule has 0 fully saturated rings. The third kappa shape index (κ3) is 4.36. The summed E-state index contributed by atoms with van der Waals surface area (Å²) in [5.41, 5.74) is 0.277. The number of aryl methyl sites for hydroxylation is 1. The fraction of sp³-hybridized carbons (Fsp3) is 0.136. The Morgan fingerprint density at radius 3 is 2.58 bits per heavy atom. The Bertz CT molecular complexity index is 1400. The number of nitrogens with one attached hydrogen (secondary N) is 1. The zero-order valence-corrected chi connectivity index (χ0v) is 18.9. The van der Waals surface area contributed by atoms with Crippen molar-refractivity contribution in [3.05, 3.63) is 70.9 Å². The SMILES string of the molecule is CCc1c(F)c(-c2cc(F)c(NS(=O)c3ccccc3Cl)nc2OC)cc2cnc(F)nc12. The molecule has 2 aromatic heterocycles. The van der Waals surface area contributed by atoms with Crippen LogP contribution < -0.4 is 9.46 Å². The van der Waals surface area contributed by atoms with Gasteiger partial charge in [0.2, 0.25) is 5.88 Å². The van der Waals surface area contributed by atoms with Crippen molar-refractivity contribution in [2.24, 2.45) is 0 Å². The summed E-state index contributed by atoms with van der Waals surface area (Å²) >= 11 is 6.05. The summed E-state index contributed by atoms with van der Waals surface area (Å²) < 4.78 is 64.2. The van der Waals surface area contributed by atoms with E-state index in [0.29, 0.717) is 5.39 Å². The third-order valence-corrected chi connectivity index (χ3v) is 6.45. The van der Waals surface area contributed by atoms with Crippen molar-refractivity contribution < 1.29 is 22.1 Å². The number of fused-ring (bicyclic) bond motifs is 1. The molecule has 4 aromatic rings. The van der Waals surface area contributed by atoms with Crippen LogP contribution in [0.3, 0.4) is 0 Å². The second-order valence-electron chi connectivity index (χ2n) is 6.82. The van der Waals surface area contributed by atoms with Gasteiger partial charge in [-0.15, -0.1) is 0 Å². The molecule has 1 atom stereocenters. The number of aromatic nitrogens is 3. The average Bonchev–Trinajstić information content (AvgIpc) is 2.80. The first-order chi connectivity index (χ1) is 15.8. The molecule has 0 aliphatic carbocycles. The van der Waals surface area contributed by atoms with Crippen LogP contribution in [0.1, 0.15) is 12.5 Å². The van der Waals surface area contributed by atoms with E-state index in [-0.39, 0.29) is 50.2 Å². The molecular weight excluding hydrogens is 477 g/mol. The van der Waals surface area contributed by atoms with Crippen molar-refractivity contribution in [2.45, 2.75) is 18.2 Å². The van der Waals surface area contributed by atoms with E-state index < -0.39 is 28.7 Å². The van der Waals surface area contributed by atoms with Crippen molar-refractivity contribution in [2.75, 3.05) is 11.8 Å². The molecule has 170 valence electrons. The Morgan fingerprint density at radius 1 is 1.12 bits per heavy atom. The lowest BCUT2D eigenvalue weighted by Crippen LogP contribution is -2.10. The number of anilines is 1. The molecule has 0 saturated carbocycles. The lowest BCUT2D eigenvalue weighted by atomic mass is 9.98. The molecule has 11 heteroatoms. The van der Waals surface area contributed by atoms with Crippen molar-refractivity contribution in [1.82, 2.24) is 15.0 Å². The van der Waals surface area contributed by atoms with Crippen LogP contribution in [0.4, 0.5) is 19.0 Å². The van der Waals surface area contributed by atoms with E-state index in [2.05, 4.69) is 19.7 Å². The van der Waals surface area contributed by atoms with Gasteiger partial charge in [-0.25, -0.2) is 23.0 Å². The zero-order chi connectivity index (χ0) is 23.7. The summed E-state index contributed by atoms with van der Waals surface area (Å²) in [5, 5.41) is 0.602. The summed E-state index contributed by atoms with van der Waals surface area (Å²) in [6.45, 7) is 1.69. The predicted molar refractivity (Wildman–Crippen MR) is 120 cm³/mol. The quantitative estimate of drug-likeness (QED) is 0.361. The van der Waals surface area contributed by atoms with E-state index in [4.69, 9.17) is 16.3 Å². The number of halogens is 4. The Morgan fingerprint density at radius 2 is 1.88 bits per heavy atom. The maximum Gasteiger partial charge on any atom is 0.309 e. The Hall–Kier alpha value is -3.24. The van der Waals surface area contributed by atoms with Crippen LogP contribution in [0, 0.1) is 17.7 Å². The summed E-state index contributed by atoms with van der Waals surface area (Å²) in [4.78, 5) is 11.5. The van der Waals surface area contributed by atoms with Gasteiger partial charge >= 0.3 is 6.08 Å². The van der Waals surface area contributed by atoms with Crippen LogP contribution >= 0.6 is 11.6 Å². The highest BCUT2D eigenvalue weighted by atomic mass is 35.5. The minimum atomic E-state index is -1.91. The minimum Gasteiger partial charge on any atom is -0.480 e. The first-order valence-corrected chi connectivity index (χ1v) is 11.2. The van der Waals surface area contributed by atoms with Crippen LogP contribution in [0.15, 0.2) is 47.5 Å². The monoisotopic (exact) mass is 492 g/mol. The number of hydrogen-bond acceptors (Lipinski definition) is 5. The van der Waals surface area contributed by atoms with E-state index in [0.717, 1.165) is 6.07 Å². The highest BCUT2D eigenvalue weighted by Crippen LogP contribution is 2.37. The summed E-state index contributed by atoms with van der Waals surface area (Å²) in [6.07, 6.45) is 0.455. The fourth-order valence-corrected chi connectivity index (χ4v) is 4.57. The first kappa shape index (κ1) is 22.9. The van der Waals surface area contributed by atoms with Crippen LogP contribution in [0.25, 0.3) is 22.0 Å². The number of methoxy groups -OCH3 is 1. The number of hydrogen-bond donors (Lipinski definition) is 1. The molecule has 0 amide bonds. The zero-order valence-electron chi connectivity index (χ0n) is 17.3. The summed E-state index contributed by atoms with van der Waals surface area (Å²) in [6, 6.07) is 8.77. The molecule has 2 heterocycles. The lowest BCUT2D eigenvalue weighted by molar-refractivity contribution is 0.398. The van der Waals surface area contributed by atoms with Crippen molar-refractivity contribution in [3.63, 3.8) is 0 Å². The van der Waals surface area contributed by atoms with E-state index in [1.807, 2.05) is 0 Å². The topological polar surface area (TPSA) is 77.0 Å². The number of rotatable bonds is 6. The van der Waals surface area contributed by atoms with Gasteiger partial charge in [-0.3, -0.25) is 4.72 Å². The standard InChI is InChI=1S/C22H16ClF3N4O2S/c1-3-12-18(25)13(8-11-10-27-22(26)28-19(11)12)14-9-16(24)20(29-21(14)32-2)30-33(31)17-7-5-4-6-15(17)23/h4-10H,3H2,1-2H3,(H,29,30). The molecule has 0 aliphatic rings. The van der Waals surface area contributed by atoms with Crippen molar-refractivity contribution >= 4 is 39.3 Å². The smallest absolute Gasteiger partial charge is 0.309 e. The van der Waals surface area contributed by atoms with Crippen LogP contribution in [-0.4, -0.2) is 26.3 Å². The van der Waals surface area contributed by atoms with Crippen molar-refractivity contribution in [1.29, 1.82) is 0 Å². The number of benzene rings is 2. The van der Waals surface area contributed by atoms with E-state index in [1.54, 1.807) is 25.1 Å². The van der Waals surface area contributed by atoms with Gasteiger partial charge in [-0.2, -0.15) is 9.37 Å². The fourth-order valence-electron chi connectivity index (χ4n) is 3.35. The van der Waals surface area contributed by atoms with Crippen LogP contribution in [0.5, 0.6) is 5.88 Å². The molecule has 0 bridgehead atoms. The second-order valence-corrected chi connectivity index (χ2v) is 8.41. The normalized spacial score (nSPS) is 12.1. The third-order valence-electron chi connectivity index (χ3n) is 4.88. The maximum atomic E-state index is 15.4. The lowest BCUT2D eigenvalue weighted by Gasteiger charge is -2.15. The van der Waals surface area contributed by atoms with Gasteiger partial charge in [-0.05, 0) is 30.7 Å². The average molecular weight is 493 g/mol. The predicted octanol–water partition coefficient (Wildman–Crippen LogP) is 5.47. The van der Waals surface area contributed by atoms with Crippen molar-refractivity contribution in [3.8, 4) is 17.0 Å². The van der Waals surface area contributed by atoms with Crippen LogP contribution in [0.2, 0.25) is 5.02 Å². The van der Waals surface area contributed by atoms with Crippen LogP contribution in [-0.2, 0) is 17.4 Å². The minimum absolute atomic E-state index is 0.0162. The van der Waals surface area contributed by atoms with E-state index >= 15 is 4.39 Å². The van der Waals surface area contributed by atoms with Gasteiger partial charge in [0, 0.05) is 28.3 Å². The summed E-state index contributed by atoms with van der Waals surface area (Å²) in [5.74, 6) is -2.07. The Balaban J connectivity index is 1.82. The molecule has 0 radical (unpaired) electrons. The highest BCUT2D eigenvalue weighted by molar-refractivity contribution is 7.86. The molecule has 2 aromatic carbocycles. The Labute approximate surface area is 194 Å². The number of nitrogens with zero attached hydrogens (tertiary/aromatic N) is 3. The van der Waals surface area contributed by atoms with E-state index in [9.17, 15) is 13.0 Å². The van der Waals surface area contributed by atoms with Gasteiger partial charge in [0.25, 0.3) is 0 Å². The van der Waals surface area contributed by atoms with Gasteiger partial charge in [-0.1, -0.05) is 30.7 Å². The molecule has 4 rings (SSSR count). The maximum absolute atomic E-state index is 15.4. The molecule has 6 nitrogen and oxygen atoms in total. The summed E-state index contributed by atoms with van der Waals surface area (Å²) in [7, 11) is -0.626. The molecule has 0 spiro atoms. The molecule has 0 aliphatic heterocycles. The van der Waals surface area contributed by atoms with Gasteiger partial charge in [0.05, 0.1) is 22.5 Å². The highest BCUT2D eigenvalue weighted by Gasteiger charge is 2.22. The second kappa shape index (κ2) is 9.32. The number of ether oxygens (including phenoxy) is 1. The molecule has 1 unspecified atom stereocenters.